The number of hydrogen-bond donors (Lipinski definition) is 0. The van der Waals surface area contributed by atoms with Crippen LogP contribution >= 0.6 is 0 Å². The first kappa shape index (κ1) is 14.6. The highest BCUT2D eigenvalue weighted by atomic mass is 16.5. The fourth-order valence-electron chi connectivity index (χ4n) is 2.97. The molecule has 1 fully saturated rings. The summed E-state index contributed by atoms with van der Waals surface area (Å²) in [4.78, 5) is 14.1. The average Bonchev–Trinajstić information content (AvgIpc) is 3.30. The van der Waals surface area contributed by atoms with E-state index in [0.717, 1.165) is 18.7 Å². The summed E-state index contributed by atoms with van der Waals surface area (Å²) in [5.41, 5.74) is 0.686. The van der Waals surface area contributed by atoms with E-state index in [1.165, 1.54) is 6.20 Å². The van der Waals surface area contributed by atoms with Gasteiger partial charge >= 0.3 is 0 Å². The molecule has 1 saturated heterocycles. The summed E-state index contributed by atoms with van der Waals surface area (Å²) >= 11 is 0. The van der Waals surface area contributed by atoms with Crippen molar-refractivity contribution in [2.75, 3.05) is 20.2 Å². The number of hydrogen-bond acceptors (Lipinski definition) is 7. The van der Waals surface area contributed by atoms with Crippen molar-refractivity contribution >= 4 is 11.6 Å². The van der Waals surface area contributed by atoms with Gasteiger partial charge in [0.15, 0.2) is 11.5 Å². The van der Waals surface area contributed by atoms with E-state index in [-0.39, 0.29) is 17.6 Å². The summed E-state index contributed by atoms with van der Waals surface area (Å²) in [6, 6.07) is 5.16. The molecule has 1 aliphatic heterocycles. The molecule has 0 bridgehead atoms. The Labute approximate surface area is 137 Å². The zero-order chi connectivity index (χ0) is 16.5. The van der Waals surface area contributed by atoms with Crippen LogP contribution in [-0.2, 0) is 0 Å². The van der Waals surface area contributed by atoms with Gasteiger partial charge in [-0.15, -0.1) is 15.3 Å². The summed E-state index contributed by atoms with van der Waals surface area (Å²) in [6.45, 7) is 1.26. The monoisotopic (exact) mass is 328 g/mol. The van der Waals surface area contributed by atoms with E-state index in [1.807, 2.05) is 6.07 Å². The van der Waals surface area contributed by atoms with Gasteiger partial charge in [-0.25, -0.2) is 0 Å². The van der Waals surface area contributed by atoms with Crippen molar-refractivity contribution in [2.24, 2.45) is 0 Å². The molecule has 4 rings (SSSR count). The van der Waals surface area contributed by atoms with Gasteiger partial charge < -0.3 is 14.2 Å². The second-order valence-electron chi connectivity index (χ2n) is 5.65. The fourth-order valence-corrected chi connectivity index (χ4v) is 2.97. The number of rotatable bonds is 3. The first-order valence-electron chi connectivity index (χ1n) is 7.72. The van der Waals surface area contributed by atoms with Crippen LogP contribution in [0.1, 0.15) is 35.1 Å². The summed E-state index contributed by atoms with van der Waals surface area (Å²) in [5, 5.41) is 16.4. The molecule has 9 heteroatoms. The van der Waals surface area contributed by atoms with E-state index in [9.17, 15) is 4.79 Å². The predicted molar refractivity (Wildman–Crippen MR) is 81.7 cm³/mol. The highest BCUT2D eigenvalue weighted by molar-refractivity contribution is 5.91. The van der Waals surface area contributed by atoms with Crippen LogP contribution < -0.4 is 4.74 Å². The lowest BCUT2D eigenvalue weighted by Gasteiger charge is -2.30. The molecule has 4 heterocycles. The number of likely N-dealkylation sites (tertiary alicyclic amines) is 1. The summed E-state index contributed by atoms with van der Waals surface area (Å²) < 4.78 is 11.8. The Morgan fingerprint density at radius 3 is 2.79 bits per heavy atom. The second-order valence-corrected chi connectivity index (χ2v) is 5.65. The lowest BCUT2D eigenvalue weighted by molar-refractivity contribution is 0.0668. The van der Waals surface area contributed by atoms with Crippen molar-refractivity contribution in [1.82, 2.24) is 29.9 Å². The van der Waals surface area contributed by atoms with Gasteiger partial charge in [-0.3, -0.25) is 4.79 Å². The molecule has 0 aliphatic carbocycles. The number of carbonyl (C=O) groups excluding carboxylic acids is 1. The third kappa shape index (κ3) is 2.47. The van der Waals surface area contributed by atoms with Crippen molar-refractivity contribution in [3.63, 3.8) is 0 Å². The van der Waals surface area contributed by atoms with Crippen LogP contribution in [0.5, 0.6) is 5.88 Å². The maximum Gasteiger partial charge on any atom is 0.292 e. The molecule has 1 amide bonds. The number of nitrogens with zero attached hydrogens (tertiary/aromatic N) is 6. The van der Waals surface area contributed by atoms with Gasteiger partial charge in [0.2, 0.25) is 11.6 Å². The average molecular weight is 328 g/mol. The zero-order valence-electron chi connectivity index (χ0n) is 13.1. The van der Waals surface area contributed by atoms with E-state index in [1.54, 1.807) is 28.7 Å². The predicted octanol–water partition coefficient (Wildman–Crippen LogP) is 1.14. The van der Waals surface area contributed by atoms with Crippen LogP contribution in [0.25, 0.3) is 5.65 Å². The lowest BCUT2D eigenvalue weighted by Crippen LogP contribution is -2.38. The molecule has 3 aromatic rings. The van der Waals surface area contributed by atoms with Crippen LogP contribution in [0.3, 0.4) is 0 Å². The van der Waals surface area contributed by atoms with Crippen molar-refractivity contribution in [3.8, 4) is 5.88 Å². The first-order valence-corrected chi connectivity index (χ1v) is 7.72. The van der Waals surface area contributed by atoms with E-state index in [0.29, 0.717) is 24.6 Å². The first-order chi connectivity index (χ1) is 11.8. The smallest absolute Gasteiger partial charge is 0.292 e. The molecule has 0 saturated carbocycles. The number of amides is 1. The molecule has 124 valence electrons. The van der Waals surface area contributed by atoms with Gasteiger partial charge in [0.05, 0.1) is 13.3 Å². The Kier molecular flexibility index (Phi) is 3.60. The molecule has 0 radical (unpaired) electrons. The Hall–Kier alpha value is -2.97. The van der Waals surface area contributed by atoms with Gasteiger partial charge in [-0.1, -0.05) is 5.16 Å². The molecule has 0 spiro atoms. The number of carbonyl (C=O) groups is 1. The number of aromatic nitrogens is 5. The minimum Gasteiger partial charge on any atom is -0.480 e. The number of ether oxygens (including phenoxy) is 1. The highest BCUT2D eigenvalue weighted by Crippen LogP contribution is 2.27. The van der Waals surface area contributed by atoms with Crippen LogP contribution in [0.4, 0.5) is 0 Å². The third-order valence-electron chi connectivity index (χ3n) is 4.27. The minimum absolute atomic E-state index is 0.128. The maximum atomic E-state index is 12.3. The van der Waals surface area contributed by atoms with E-state index in [2.05, 4.69) is 20.5 Å². The van der Waals surface area contributed by atoms with Gasteiger partial charge in [0.1, 0.15) is 0 Å². The van der Waals surface area contributed by atoms with Crippen LogP contribution in [-0.4, -0.2) is 56.0 Å². The Balaban J connectivity index is 1.51. The highest BCUT2D eigenvalue weighted by Gasteiger charge is 2.29. The number of methoxy groups -OCH3 is 1. The third-order valence-corrected chi connectivity index (χ3v) is 4.27. The van der Waals surface area contributed by atoms with E-state index in [4.69, 9.17) is 9.26 Å². The molecule has 0 aromatic carbocycles. The molecule has 0 N–H and O–H groups in total. The number of fused-ring (bicyclic) bond motifs is 1. The number of piperidine rings is 1. The Bertz CT molecular complexity index is 851. The van der Waals surface area contributed by atoms with Gasteiger partial charge in [-0.2, -0.15) is 4.52 Å². The second kappa shape index (κ2) is 5.91. The fraction of sp³-hybridized carbons (Fsp3) is 0.400. The van der Waals surface area contributed by atoms with Gasteiger partial charge in [-0.05, 0) is 18.9 Å². The Morgan fingerprint density at radius 2 is 2.08 bits per heavy atom. The van der Waals surface area contributed by atoms with Crippen LogP contribution in [0.15, 0.2) is 28.9 Å². The van der Waals surface area contributed by atoms with Crippen molar-refractivity contribution in [1.29, 1.82) is 0 Å². The molecular formula is C15H16N6O3. The summed E-state index contributed by atoms with van der Waals surface area (Å²) in [7, 11) is 1.58. The minimum atomic E-state index is -0.128. The SMILES string of the molecule is COc1ccc2nnc(C3CCN(C(=O)c4ccno4)CC3)n2n1. The molecule has 9 nitrogen and oxygen atoms in total. The largest absolute Gasteiger partial charge is 0.480 e. The van der Waals surface area contributed by atoms with Crippen molar-refractivity contribution < 1.29 is 14.1 Å². The van der Waals surface area contributed by atoms with Crippen molar-refractivity contribution in [3.05, 3.63) is 36.0 Å². The molecule has 0 unspecified atom stereocenters. The quantitative estimate of drug-likeness (QED) is 0.711. The molecule has 24 heavy (non-hydrogen) atoms. The Morgan fingerprint density at radius 1 is 1.25 bits per heavy atom. The molecule has 0 atom stereocenters. The standard InChI is InChI=1S/C15H16N6O3/c1-23-13-3-2-12-17-18-14(21(12)19-13)10-5-8-20(9-6-10)15(22)11-4-7-16-24-11/h2-4,7,10H,5-6,8-9H2,1H3. The van der Waals surface area contributed by atoms with E-state index < -0.39 is 0 Å². The van der Waals surface area contributed by atoms with Crippen LogP contribution in [0, 0.1) is 0 Å². The topological polar surface area (TPSA) is 98.7 Å². The molecule has 3 aromatic heterocycles. The van der Waals surface area contributed by atoms with Crippen LogP contribution in [0.2, 0.25) is 0 Å². The lowest BCUT2D eigenvalue weighted by atomic mass is 9.96. The molecular weight excluding hydrogens is 312 g/mol. The van der Waals surface area contributed by atoms with Crippen molar-refractivity contribution in [2.45, 2.75) is 18.8 Å². The van der Waals surface area contributed by atoms with E-state index >= 15 is 0 Å². The zero-order valence-corrected chi connectivity index (χ0v) is 13.1. The van der Waals surface area contributed by atoms with Gasteiger partial charge in [0, 0.05) is 31.1 Å². The van der Waals surface area contributed by atoms with Gasteiger partial charge in [0.25, 0.3) is 5.91 Å². The summed E-state index contributed by atoms with van der Waals surface area (Å²) in [6.07, 6.45) is 3.06. The summed E-state index contributed by atoms with van der Waals surface area (Å²) in [5.74, 6) is 1.65. The normalized spacial score (nSPS) is 15.8. The molecule has 1 aliphatic rings. The maximum absolute atomic E-state index is 12.3.